The first kappa shape index (κ1) is 21.9. The van der Waals surface area contributed by atoms with Crippen molar-refractivity contribution in [2.24, 2.45) is 0 Å². The molecule has 3 rings (SSSR count). The summed E-state index contributed by atoms with van der Waals surface area (Å²) < 4.78 is 33.5. The summed E-state index contributed by atoms with van der Waals surface area (Å²) in [5.41, 5.74) is 0.902. The van der Waals surface area contributed by atoms with Gasteiger partial charge in [-0.25, -0.2) is 17.2 Å². The van der Waals surface area contributed by atoms with Crippen molar-refractivity contribution in [2.45, 2.75) is 44.2 Å². The molecular weight excluding hydrogens is 404 g/mol. The zero-order valence-electron chi connectivity index (χ0n) is 17.4. The molecule has 3 aromatic rings. The molecule has 1 atom stereocenters. The van der Waals surface area contributed by atoms with Gasteiger partial charge in [0.15, 0.2) is 0 Å². The van der Waals surface area contributed by atoms with Crippen molar-refractivity contribution in [3.8, 4) is 0 Å². The minimum Gasteiger partial charge on any atom is -0.444 e. The SMILES string of the molecule is Cc1ccc(S(=O)(=O)n2c([C@H](CO)NC(=O)OC(C)(C)C)cc3ccccc32)cc1. The molecule has 0 spiro atoms. The van der Waals surface area contributed by atoms with E-state index in [2.05, 4.69) is 5.32 Å². The molecule has 160 valence electrons. The number of aryl methyl sites for hydroxylation is 1. The number of hydrogen-bond donors (Lipinski definition) is 2. The van der Waals surface area contributed by atoms with Crippen LogP contribution >= 0.6 is 0 Å². The van der Waals surface area contributed by atoms with Crippen LogP contribution in [0.5, 0.6) is 0 Å². The fraction of sp³-hybridized carbons (Fsp3) is 0.318. The lowest BCUT2D eigenvalue weighted by Gasteiger charge is -2.23. The van der Waals surface area contributed by atoms with Gasteiger partial charge in [-0.15, -0.1) is 0 Å². The lowest BCUT2D eigenvalue weighted by atomic mass is 10.2. The summed E-state index contributed by atoms with van der Waals surface area (Å²) in [7, 11) is -3.98. The molecule has 1 aromatic heterocycles. The van der Waals surface area contributed by atoms with E-state index in [0.29, 0.717) is 10.9 Å². The Morgan fingerprint density at radius 3 is 2.37 bits per heavy atom. The quantitative estimate of drug-likeness (QED) is 0.643. The molecule has 1 heterocycles. The predicted molar refractivity (Wildman–Crippen MR) is 115 cm³/mol. The normalized spacial score (nSPS) is 13.2. The predicted octanol–water partition coefficient (Wildman–Crippen LogP) is 3.74. The average molecular weight is 431 g/mol. The molecule has 0 saturated carbocycles. The number of para-hydroxylation sites is 1. The third-order valence-electron chi connectivity index (χ3n) is 4.48. The van der Waals surface area contributed by atoms with Crippen LogP contribution in [-0.2, 0) is 14.8 Å². The highest BCUT2D eigenvalue weighted by Crippen LogP contribution is 2.29. The fourth-order valence-electron chi connectivity index (χ4n) is 3.14. The third kappa shape index (κ3) is 4.49. The number of nitrogens with one attached hydrogen (secondary N) is 1. The van der Waals surface area contributed by atoms with E-state index in [1.54, 1.807) is 75.4 Å². The number of amides is 1. The minimum atomic E-state index is -3.98. The van der Waals surface area contributed by atoms with Gasteiger partial charge >= 0.3 is 6.09 Å². The molecule has 0 saturated heterocycles. The summed E-state index contributed by atoms with van der Waals surface area (Å²) in [5, 5.41) is 13.2. The van der Waals surface area contributed by atoms with Crippen LogP contribution in [0.3, 0.4) is 0 Å². The third-order valence-corrected chi connectivity index (χ3v) is 6.24. The first-order chi connectivity index (χ1) is 14.0. The Hall–Kier alpha value is -2.84. The smallest absolute Gasteiger partial charge is 0.408 e. The summed E-state index contributed by atoms with van der Waals surface area (Å²) in [6.45, 7) is 6.54. The lowest BCUT2D eigenvalue weighted by Crippen LogP contribution is -2.37. The van der Waals surface area contributed by atoms with Crippen LogP contribution in [0.2, 0.25) is 0 Å². The van der Waals surface area contributed by atoms with Crippen molar-refractivity contribution < 1.29 is 23.1 Å². The fourth-order valence-corrected chi connectivity index (χ4v) is 4.71. The molecule has 8 heteroatoms. The van der Waals surface area contributed by atoms with Crippen LogP contribution in [0.1, 0.15) is 38.1 Å². The van der Waals surface area contributed by atoms with E-state index in [0.717, 1.165) is 5.56 Å². The second-order valence-corrected chi connectivity index (χ2v) is 9.88. The number of benzene rings is 2. The van der Waals surface area contributed by atoms with Gasteiger partial charge in [0.25, 0.3) is 10.0 Å². The van der Waals surface area contributed by atoms with Gasteiger partial charge in [-0.05, 0) is 52.0 Å². The summed E-state index contributed by atoms with van der Waals surface area (Å²) in [5.74, 6) is 0. The monoisotopic (exact) mass is 430 g/mol. The summed E-state index contributed by atoms with van der Waals surface area (Å²) in [6, 6.07) is 14.2. The molecule has 0 aliphatic carbocycles. The van der Waals surface area contributed by atoms with Gasteiger partial charge in [0, 0.05) is 5.39 Å². The number of aliphatic hydroxyl groups is 1. The maximum atomic E-state index is 13.5. The van der Waals surface area contributed by atoms with E-state index < -0.39 is 34.4 Å². The number of aromatic nitrogens is 1. The maximum Gasteiger partial charge on any atom is 0.408 e. The molecule has 0 bridgehead atoms. The molecule has 30 heavy (non-hydrogen) atoms. The average Bonchev–Trinajstić information content (AvgIpc) is 3.05. The highest BCUT2D eigenvalue weighted by Gasteiger charge is 2.29. The molecule has 0 radical (unpaired) electrons. The number of fused-ring (bicyclic) bond motifs is 1. The first-order valence-electron chi connectivity index (χ1n) is 9.56. The van der Waals surface area contributed by atoms with Gasteiger partial charge in [-0.3, -0.25) is 0 Å². The first-order valence-corrected chi connectivity index (χ1v) is 11.0. The number of carbonyl (C=O) groups excluding carboxylic acids is 1. The zero-order chi connectivity index (χ0) is 22.1. The van der Waals surface area contributed by atoms with Crippen molar-refractivity contribution >= 4 is 27.0 Å². The van der Waals surface area contributed by atoms with Crippen LogP contribution in [0.4, 0.5) is 4.79 Å². The summed E-state index contributed by atoms with van der Waals surface area (Å²) in [4.78, 5) is 12.4. The standard InChI is InChI=1S/C22H26N2O5S/c1-15-9-11-17(12-10-15)30(27,28)24-19-8-6-5-7-16(19)13-20(24)18(14-25)23-21(26)29-22(2,3)4/h5-13,18,25H,14H2,1-4H3,(H,23,26)/t18-/m0/s1. The van der Waals surface area contributed by atoms with E-state index in [1.165, 1.54) is 3.97 Å². The van der Waals surface area contributed by atoms with Crippen LogP contribution in [-0.4, -0.2) is 35.8 Å². The number of alkyl carbamates (subject to hydrolysis) is 1. The van der Waals surface area contributed by atoms with Gasteiger partial charge in [0.1, 0.15) is 5.60 Å². The summed E-state index contributed by atoms with van der Waals surface area (Å²) in [6.07, 6.45) is -0.744. The number of carbonyl (C=O) groups is 1. The molecule has 7 nitrogen and oxygen atoms in total. The maximum absolute atomic E-state index is 13.5. The van der Waals surface area contributed by atoms with E-state index in [9.17, 15) is 18.3 Å². The van der Waals surface area contributed by atoms with Crippen molar-refractivity contribution in [2.75, 3.05) is 6.61 Å². The Balaban J connectivity index is 2.13. The number of rotatable bonds is 5. The van der Waals surface area contributed by atoms with E-state index in [4.69, 9.17) is 4.74 Å². The molecule has 1 amide bonds. The van der Waals surface area contributed by atoms with Gasteiger partial charge in [-0.1, -0.05) is 35.9 Å². The number of aliphatic hydroxyl groups excluding tert-OH is 1. The van der Waals surface area contributed by atoms with Crippen molar-refractivity contribution in [3.63, 3.8) is 0 Å². The largest absolute Gasteiger partial charge is 0.444 e. The Morgan fingerprint density at radius 2 is 1.77 bits per heavy atom. The molecule has 0 unspecified atom stereocenters. The number of ether oxygens (including phenoxy) is 1. The number of nitrogens with zero attached hydrogens (tertiary/aromatic N) is 1. The Kier molecular flexibility index (Phi) is 5.92. The molecular formula is C22H26N2O5S. The van der Waals surface area contributed by atoms with Gasteiger partial charge in [0.05, 0.1) is 28.8 Å². The van der Waals surface area contributed by atoms with Crippen molar-refractivity contribution in [1.82, 2.24) is 9.29 Å². The second-order valence-electron chi connectivity index (χ2n) is 8.09. The van der Waals surface area contributed by atoms with Crippen LogP contribution in [0, 0.1) is 6.92 Å². The van der Waals surface area contributed by atoms with Crippen LogP contribution in [0.25, 0.3) is 10.9 Å². The Bertz CT molecular complexity index is 1160. The van der Waals surface area contributed by atoms with Gasteiger partial charge in [-0.2, -0.15) is 0 Å². The second kappa shape index (κ2) is 8.12. The van der Waals surface area contributed by atoms with Crippen molar-refractivity contribution in [1.29, 1.82) is 0 Å². The molecule has 2 aromatic carbocycles. The Labute approximate surface area is 176 Å². The zero-order valence-corrected chi connectivity index (χ0v) is 18.2. The topological polar surface area (TPSA) is 97.6 Å². The highest BCUT2D eigenvalue weighted by molar-refractivity contribution is 7.90. The molecule has 0 aliphatic rings. The summed E-state index contributed by atoms with van der Waals surface area (Å²) >= 11 is 0. The van der Waals surface area contributed by atoms with Crippen LogP contribution < -0.4 is 5.32 Å². The highest BCUT2D eigenvalue weighted by atomic mass is 32.2. The lowest BCUT2D eigenvalue weighted by molar-refractivity contribution is 0.0480. The van der Waals surface area contributed by atoms with Gasteiger partial charge in [0.2, 0.25) is 0 Å². The molecule has 0 fully saturated rings. The van der Waals surface area contributed by atoms with E-state index >= 15 is 0 Å². The van der Waals surface area contributed by atoms with E-state index in [1.807, 2.05) is 6.92 Å². The molecule has 2 N–H and O–H groups in total. The van der Waals surface area contributed by atoms with E-state index in [-0.39, 0.29) is 10.6 Å². The molecule has 0 aliphatic heterocycles. The Morgan fingerprint density at radius 1 is 1.13 bits per heavy atom. The van der Waals surface area contributed by atoms with Gasteiger partial charge < -0.3 is 15.2 Å². The van der Waals surface area contributed by atoms with Crippen molar-refractivity contribution in [3.05, 3.63) is 65.9 Å². The minimum absolute atomic E-state index is 0.115. The number of hydrogen-bond acceptors (Lipinski definition) is 5. The van der Waals surface area contributed by atoms with Crippen LogP contribution in [0.15, 0.2) is 59.5 Å².